The Labute approximate surface area is 97.7 Å². The van der Waals surface area contributed by atoms with Crippen molar-refractivity contribution in [3.63, 3.8) is 0 Å². The first-order valence-corrected chi connectivity index (χ1v) is 5.21. The Bertz CT molecular complexity index is 686. The highest BCUT2D eigenvalue weighted by molar-refractivity contribution is 5.72. The van der Waals surface area contributed by atoms with Crippen LogP contribution in [-0.4, -0.2) is 14.6 Å². The van der Waals surface area contributed by atoms with Crippen LogP contribution in [-0.2, 0) is 0 Å². The van der Waals surface area contributed by atoms with Gasteiger partial charge in [-0.1, -0.05) is 12.1 Å². The van der Waals surface area contributed by atoms with Gasteiger partial charge in [-0.25, -0.2) is 9.50 Å². The maximum Gasteiger partial charge on any atom is 0.184 e. The lowest BCUT2D eigenvalue weighted by molar-refractivity contribution is 0.968. The maximum atomic E-state index is 5.89. The lowest BCUT2D eigenvalue weighted by Crippen LogP contribution is -1.92. The molecule has 0 spiro atoms. The average Bonchev–Trinajstić information content (AvgIpc) is 2.72. The number of nitrogens with zero attached hydrogens (tertiary/aromatic N) is 3. The molecule has 0 saturated carbocycles. The number of para-hydroxylation sites is 1. The summed E-state index contributed by atoms with van der Waals surface area (Å²) in [4.78, 5) is 4.40. The number of nitrogens with two attached hydrogens (primary N) is 2. The number of anilines is 2. The molecule has 1 aromatic carbocycles. The van der Waals surface area contributed by atoms with Gasteiger partial charge in [0.05, 0.1) is 11.9 Å². The van der Waals surface area contributed by atoms with Crippen molar-refractivity contribution in [1.29, 1.82) is 0 Å². The Morgan fingerprint density at radius 2 is 1.82 bits per heavy atom. The quantitative estimate of drug-likeness (QED) is 0.616. The number of hydrogen-bond donors (Lipinski definition) is 2. The Hall–Kier alpha value is -2.56. The van der Waals surface area contributed by atoms with Crippen molar-refractivity contribution in [3.8, 4) is 11.4 Å². The van der Waals surface area contributed by atoms with Crippen LogP contribution in [0.15, 0.2) is 42.6 Å². The molecule has 0 aliphatic rings. The van der Waals surface area contributed by atoms with Crippen LogP contribution < -0.4 is 11.5 Å². The van der Waals surface area contributed by atoms with Gasteiger partial charge >= 0.3 is 0 Å². The van der Waals surface area contributed by atoms with E-state index in [1.54, 1.807) is 16.8 Å². The lowest BCUT2D eigenvalue weighted by atomic mass is 10.2. The first kappa shape index (κ1) is 9.65. The summed E-state index contributed by atoms with van der Waals surface area (Å²) in [5.74, 6) is 0.605. The summed E-state index contributed by atoms with van der Waals surface area (Å²) >= 11 is 0. The topological polar surface area (TPSA) is 82.2 Å². The summed E-state index contributed by atoms with van der Waals surface area (Å²) in [6.07, 6.45) is 1.73. The zero-order chi connectivity index (χ0) is 11.8. The number of pyridine rings is 1. The van der Waals surface area contributed by atoms with Gasteiger partial charge in [-0.15, -0.1) is 5.10 Å². The molecule has 84 valence electrons. The van der Waals surface area contributed by atoms with Crippen LogP contribution in [0.1, 0.15) is 0 Å². The van der Waals surface area contributed by atoms with Crippen LogP contribution in [0.25, 0.3) is 17.0 Å². The molecule has 0 unspecified atom stereocenters. The van der Waals surface area contributed by atoms with E-state index in [4.69, 9.17) is 11.5 Å². The highest BCUT2D eigenvalue weighted by atomic mass is 15.3. The minimum Gasteiger partial charge on any atom is -0.398 e. The highest BCUT2D eigenvalue weighted by Gasteiger charge is 2.08. The third kappa shape index (κ3) is 1.57. The zero-order valence-electron chi connectivity index (χ0n) is 9.04. The average molecular weight is 225 g/mol. The fourth-order valence-electron chi connectivity index (χ4n) is 1.71. The van der Waals surface area contributed by atoms with Crippen LogP contribution in [0.2, 0.25) is 0 Å². The number of fused-ring (bicyclic) bond motifs is 1. The van der Waals surface area contributed by atoms with E-state index in [1.165, 1.54) is 0 Å². The maximum absolute atomic E-state index is 5.89. The summed E-state index contributed by atoms with van der Waals surface area (Å²) in [5.41, 5.74) is 14.5. The van der Waals surface area contributed by atoms with Crippen molar-refractivity contribution in [2.24, 2.45) is 0 Å². The van der Waals surface area contributed by atoms with E-state index < -0.39 is 0 Å². The molecule has 3 aromatic rings. The molecule has 0 radical (unpaired) electrons. The Balaban J connectivity index is 2.22. The van der Waals surface area contributed by atoms with Crippen molar-refractivity contribution in [2.45, 2.75) is 0 Å². The molecule has 4 N–H and O–H groups in total. The largest absolute Gasteiger partial charge is 0.398 e. The molecule has 0 fully saturated rings. The van der Waals surface area contributed by atoms with Crippen molar-refractivity contribution >= 4 is 17.0 Å². The zero-order valence-corrected chi connectivity index (χ0v) is 9.04. The minimum absolute atomic E-state index is 0.605. The molecule has 0 aliphatic carbocycles. The predicted octanol–water partition coefficient (Wildman–Crippen LogP) is 1.56. The Morgan fingerprint density at radius 3 is 2.65 bits per heavy atom. The summed E-state index contributed by atoms with van der Waals surface area (Å²) < 4.78 is 1.65. The second kappa shape index (κ2) is 3.48. The SMILES string of the molecule is Nc1ccc2nc(-c3ccccc3N)nn2c1. The first-order valence-electron chi connectivity index (χ1n) is 5.21. The van der Waals surface area contributed by atoms with Gasteiger partial charge in [0, 0.05) is 11.3 Å². The summed E-state index contributed by atoms with van der Waals surface area (Å²) in [5, 5.41) is 4.35. The van der Waals surface area contributed by atoms with Gasteiger partial charge in [0.2, 0.25) is 0 Å². The molecule has 0 aliphatic heterocycles. The third-order valence-electron chi connectivity index (χ3n) is 2.56. The monoisotopic (exact) mass is 225 g/mol. The molecule has 0 atom stereocenters. The molecule has 2 aromatic heterocycles. The smallest absolute Gasteiger partial charge is 0.184 e. The number of aromatic nitrogens is 3. The van der Waals surface area contributed by atoms with Crippen LogP contribution >= 0.6 is 0 Å². The number of hydrogen-bond acceptors (Lipinski definition) is 4. The fraction of sp³-hybridized carbons (Fsp3) is 0. The number of benzene rings is 1. The van der Waals surface area contributed by atoms with Crippen molar-refractivity contribution in [3.05, 3.63) is 42.6 Å². The molecular weight excluding hydrogens is 214 g/mol. The molecule has 3 rings (SSSR count). The predicted molar refractivity (Wildman–Crippen MR) is 67.2 cm³/mol. The second-order valence-corrected chi connectivity index (χ2v) is 3.79. The summed E-state index contributed by atoms with van der Waals surface area (Å²) in [7, 11) is 0. The van der Waals surface area contributed by atoms with Crippen LogP contribution in [0, 0.1) is 0 Å². The number of rotatable bonds is 1. The molecule has 5 heteroatoms. The van der Waals surface area contributed by atoms with E-state index in [2.05, 4.69) is 10.1 Å². The van der Waals surface area contributed by atoms with E-state index >= 15 is 0 Å². The first-order chi connectivity index (χ1) is 8.24. The van der Waals surface area contributed by atoms with Gasteiger partial charge in [0.1, 0.15) is 0 Å². The molecule has 0 amide bonds. The van der Waals surface area contributed by atoms with E-state index in [1.807, 2.05) is 30.3 Å². The van der Waals surface area contributed by atoms with Crippen molar-refractivity contribution in [2.75, 3.05) is 11.5 Å². The van der Waals surface area contributed by atoms with Crippen LogP contribution in [0.4, 0.5) is 11.4 Å². The lowest BCUT2D eigenvalue weighted by Gasteiger charge is -1.98. The molecule has 2 heterocycles. The molecule has 0 saturated heterocycles. The van der Waals surface area contributed by atoms with Gasteiger partial charge in [0.15, 0.2) is 11.5 Å². The van der Waals surface area contributed by atoms with Crippen molar-refractivity contribution < 1.29 is 0 Å². The summed E-state index contributed by atoms with van der Waals surface area (Å²) in [6.45, 7) is 0. The van der Waals surface area contributed by atoms with Gasteiger partial charge in [-0.05, 0) is 24.3 Å². The normalized spacial score (nSPS) is 10.8. The van der Waals surface area contributed by atoms with Crippen LogP contribution in [0.3, 0.4) is 0 Å². The van der Waals surface area contributed by atoms with E-state index in [0.29, 0.717) is 17.2 Å². The molecule has 0 bridgehead atoms. The molecular formula is C12H11N5. The minimum atomic E-state index is 0.605. The molecule has 17 heavy (non-hydrogen) atoms. The summed E-state index contributed by atoms with van der Waals surface area (Å²) in [6, 6.07) is 11.1. The van der Waals surface area contributed by atoms with E-state index in [-0.39, 0.29) is 0 Å². The van der Waals surface area contributed by atoms with E-state index in [9.17, 15) is 0 Å². The van der Waals surface area contributed by atoms with Crippen molar-refractivity contribution in [1.82, 2.24) is 14.6 Å². The van der Waals surface area contributed by atoms with Gasteiger partial charge in [-0.2, -0.15) is 0 Å². The van der Waals surface area contributed by atoms with Gasteiger partial charge in [0.25, 0.3) is 0 Å². The third-order valence-corrected chi connectivity index (χ3v) is 2.56. The van der Waals surface area contributed by atoms with Crippen LogP contribution in [0.5, 0.6) is 0 Å². The highest BCUT2D eigenvalue weighted by Crippen LogP contribution is 2.22. The van der Waals surface area contributed by atoms with Gasteiger partial charge < -0.3 is 11.5 Å². The number of nitrogen functional groups attached to an aromatic ring is 2. The van der Waals surface area contributed by atoms with E-state index in [0.717, 1.165) is 11.2 Å². The Kier molecular flexibility index (Phi) is 1.98. The Morgan fingerprint density at radius 1 is 1.00 bits per heavy atom. The molecule has 5 nitrogen and oxygen atoms in total. The second-order valence-electron chi connectivity index (χ2n) is 3.79. The fourth-order valence-corrected chi connectivity index (χ4v) is 1.71. The standard InChI is InChI=1S/C12H11N5/c13-8-5-6-11-15-12(16-17(11)7-8)9-3-1-2-4-10(9)14/h1-7H,13-14H2. The van der Waals surface area contributed by atoms with Gasteiger partial charge in [-0.3, -0.25) is 0 Å².